The van der Waals surface area contributed by atoms with Gasteiger partial charge in [0, 0.05) is 29.4 Å². The minimum atomic E-state index is -0.838. The van der Waals surface area contributed by atoms with Gasteiger partial charge in [-0.2, -0.15) is 0 Å². The second-order valence-corrected chi connectivity index (χ2v) is 11.8. The summed E-state index contributed by atoms with van der Waals surface area (Å²) in [5.41, 5.74) is 15.5. The third kappa shape index (κ3) is 4.96. The number of hydrogen-bond acceptors (Lipinski definition) is 6. The molecule has 0 aliphatic heterocycles. The van der Waals surface area contributed by atoms with Crippen molar-refractivity contribution in [1.29, 1.82) is 0 Å². The number of Topliss-reactive ketones (excluding diaryl/α,β-unsaturated/α-hetero) is 1. The molecule has 5 N–H and O–H groups in total. The molecule has 1 aromatic heterocycles. The predicted molar refractivity (Wildman–Crippen MR) is 142 cm³/mol. The van der Waals surface area contributed by atoms with E-state index in [1.54, 1.807) is 6.07 Å². The van der Waals surface area contributed by atoms with E-state index in [1.165, 1.54) is 6.07 Å². The van der Waals surface area contributed by atoms with Gasteiger partial charge in [-0.25, -0.2) is 4.39 Å². The highest BCUT2D eigenvalue weighted by atomic mass is 19.1. The number of esters is 1. The van der Waals surface area contributed by atoms with Crippen molar-refractivity contribution in [2.24, 2.45) is 16.9 Å². The minimum Gasteiger partial charge on any atom is -0.461 e. The first-order chi connectivity index (χ1) is 18.1. The summed E-state index contributed by atoms with van der Waals surface area (Å²) in [4.78, 5) is 37.1. The molecule has 0 radical (unpaired) electrons. The van der Waals surface area contributed by atoms with E-state index in [1.807, 2.05) is 0 Å². The summed E-state index contributed by atoms with van der Waals surface area (Å²) in [6.45, 7) is 4.03. The highest BCUT2D eigenvalue weighted by molar-refractivity contribution is 6.01. The van der Waals surface area contributed by atoms with Crippen LogP contribution in [0.4, 0.5) is 10.1 Å². The fourth-order valence-electron chi connectivity index (χ4n) is 6.57. The van der Waals surface area contributed by atoms with Crippen molar-refractivity contribution in [2.75, 3.05) is 11.9 Å². The van der Waals surface area contributed by atoms with E-state index in [-0.39, 0.29) is 35.5 Å². The standard InChI is InChI=1S/C29H37FN4O4/c1-29(2)13-23-26(24(35)14-29)19-5-3-4-6-22(19)34(23)17-11-20(30)27(28(32)37)21(12-17)33-16-7-9-18(10-8-16)38-25(36)15-31/h11-12,16,18,33H,3-10,13-15,31H2,1-2H3,(H2,32,37)/t16-,18-. The maximum absolute atomic E-state index is 15.6. The minimum absolute atomic E-state index is 0.0384. The summed E-state index contributed by atoms with van der Waals surface area (Å²) in [5, 5.41) is 3.36. The number of ketones is 1. The van der Waals surface area contributed by atoms with Gasteiger partial charge in [-0.1, -0.05) is 13.8 Å². The molecule has 0 atom stereocenters. The van der Waals surface area contributed by atoms with Crippen molar-refractivity contribution >= 4 is 23.3 Å². The Kier molecular flexibility index (Phi) is 7.07. The quantitative estimate of drug-likeness (QED) is 0.490. The number of benzene rings is 1. The van der Waals surface area contributed by atoms with E-state index in [4.69, 9.17) is 16.2 Å². The van der Waals surface area contributed by atoms with Gasteiger partial charge in [0.15, 0.2) is 5.78 Å². The van der Waals surface area contributed by atoms with Crippen LogP contribution < -0.4 is 16.8 Å². The first-order valence-corrected chi connectivity index (χ1v) is 13.7. The van der Waals surface area contributed by atoms with Crippen LogP contribution in [-0.2, 0) is 28.8 Å². The van der Waals surface area contributed by atoms with Crippen LogP contribution in [0.1, 0.15) is 96.5 Å². The van der Waals surface area contributed by atoms with Crippen molar-refractivity contribution in [3.05, 3.63) is 46.0 Å². The Labute approximate surface area is 222 Å². The van der Waals surface area contributed by atoms with Crippen molar-refractivity contribution in [1.82, 2.24) is 4.57 Å². The molecule has 3 aliphatic rings. The lowest BCUT2D eigenvalue weighted by molar-refractivity contribution is -0.148. The first-order valence-electron chi connectivity index (χ1n) is 13.7. The third-order valence-electron chi connectivity index (χ3n) is 8.21. The van der Waals surface area contributed by atoms with Crippen LogP contribution in [0.2, 0.25) is 0 Å². The van der Waals surface area contributed by atoms with Crippen LogP contribution in [0, 0.1) is 11.2 Å². The molecular formula is C29H37FN4O4. The van der Waals surface area contributed by atoms with Gasteiger partial charge in [0.05, 0.1) is 23.5 Å². The summed E-state index contributed by atoms with van der Waals surface area (Å²) in [6, 6.07) is 3.13. The van der Waals surface area contributed by atoms with Crippen LogP contribution >= 0.6 is 0 Å². The van der Waals surface area contributed by atoms with E-state index in [2.05, 4.69) is 23.7 Å². The molecule has 1 saturated carbocycles. The lowest BCUT2D eigenvalue weighted by atomic mass is 9.75. The molecule has 0 unspecified atom stereocenters. The molecule has 0 spiro atoms. The van der Waals surface area contributed by atoms with Gasteiger partial charge in [0.1, 0.15) is 11.9 Å². The topological polar surface area (TPSA) is 129 Å². The summed E-state index contributed by atoms with van der Waals surface area (Å²) in [5.74, 6) is -1.79. The highest BCUT2D eigenvalue weighted by Crippen LogP contribution is 2.43. The summed E-state index contributed by atoms with van der Waals surface area (Å²) in [6.07, 6.45) is 7.40. The molecule has 5 rings (SSSR count). The van der Waals surface area contributed by atoms with Crippen molar-refractivity contribution in [2.45, 2.75) is 90.2 Å². The average molecular weight is 525 g/mol. The van der Waals surface area contributed by atoms with Gasteiger partial charge in [-0.15, -0.1) is 0 Å². The zero-order valence-corrected chi connectivity index (χ0v) is 22.2. The molecule has 2 aromatic rings. The van der Waals surface area contributed by atoms with Crippen molar-refractivity contribution in [3.63, 3.8) is 0 Å². The first kappa shape index (κ1) is 26.4. The zero-order valence-electron chi connectivity index (χ0n) is 22.2. The van der Waals surface area contributed by atoms with Gasteiger partial charge in [0.25, 0.3) is 5.91 Å². The Balaban J connectivity index is 1.52. The third-order valence-corrected chi connectivity index (χ3v) is 8.21. The number of hydrogen-bond donors (Lipinski definition) is 3. The fourth-order valence-corrected chi connectivity index (χ4v) is 6.57. The van der Waals surface area contributed by atoms with E-state index < -0.39 is 17.7 Å². The van der Waals surface area contributed by atoms with E-state index in [0.29, 0.717) is 49.9 Å². The number of anilines is 1. The second kappa shape index (κ2) is 10.2. The Morgan fingerprint density at radius 3 is 2.50 bits per heavy atom. The van der Waals surface area contributed by atoms with Gasteiger partial charge in [0.2, 0.25) is 0 Å². The number of nitrogens with one attached hydrogen (secondary N) is 1. The van der Waals surface area contributed by atoms with Gasteiger partial charge in [-0.3, -0.25) is 14.4 Å². The maximum atomic E-state index is 15.6. The molecular weight excluding hydrogens is 487 g/mol. The SMILES string of the molecule is CC1(C)CC(=O)c2c3c(n(-c4cc(F)c(C(N)=O)c(N[C@H]5CC[C@H](OC(=O)CN)CC5)c4)c2C1)CCCC3. The fraction of sp³-hybridized carbons (Fsp3) is 0.552. The number of amides is 1. The van der Waals surface area contributed by atoms with Crippen molar-refractivity contribution in [3.8, 4) is 5.69 Å². The summed E-state index contributed by atoms with van der Waals surface area (Å²) >= 11 is 0. The number of primary amides is 1. The Bertz CT molecular complexity index is 1290. The van der Waals surface area contributed by atoms with Gasteiger partial charge >= 0.3 is 5.97 Å². The Hall–Kier alpha value is -3.20. The number of nitrogens with zero attached hydrogens (tertiary/aromatic N) is 1. The highest BCUT2D eigenvalue weighted by Gasteiger charge is 2.38. The maximum Gasteiger partial charge on any atom is 0.319 e. The molecule has 8 nitrogen and oxygen atoms in total. The van der Waals surface area contributed by atoms with E-state index in [0.717, 1.165) is 48.2 Å². The molecule has 1 heterocycles. The van der Waals surface area contributed by atoms with E-state index in [9.17, 15) is 14.4 Å². The molecule has 3 aliphatic carbocycles. The zero-order chi connectivity index (χ0) is 27.2. The van der Waals surface area contributed by atoms with E-state index >= 15 is 4.39 Å². The van der Waals surface area contributed by atoms with Crippen molar-refractivity contribution < 1.29 is 23.5 Å². The number of aromatic nitrogens is 1. The molecule has 0 saturated heterocycles. The smallest absolute Gasteiger partial charge is 0.319 e. The van der Waals surface area contributed by atoms with Crippen LogP contribution in [0.25, 0.3) is 5.69 Å². The molecule has 9 heteroatoms. The normalized spacial score (nSPS) is 22.4. The average Bonchev–Trinajstić information content (AvgIpc) is 3.17. The number of carbonyl (C=O) groups is 3. The molecule has 1 amide bonds. The van der Waals surface area contributed by atoms with Gasteiger partial charge < -0.3 is 26.1 Å². The molecule has 0 bridgehead atoms. The monoisotopic (exact) mass is 524 g/mol. The van der Waals surface area contributed by atoms with Gasteiger partial charge in [-0.05, 0) is 80.9 Å². The van der Waals surface area contributed by atoms with Crippen LogP contribution in [-0.4, -0.2) is 40.9 Å². The number of fused-ring (bicyclic) bond motifs is 3. The molecule has 1 fully saturated rings. The van der Waals surface area contributed by atoms with Crippen LogP contribution in [0.3, 0.4) is 0 Å². The largest absolute Gasteiger partial charge is 0.461 e. The molecule has 204 valence electrons. The lowest BCUT2D eigenvalue weighted by Crippen LogP contribution is -2.33. The lowest BCUT2D eigenvalue weighted by Gasteiger charge is -2.31. The Morgan fingerprint density at radius 2 is 1.82 bits per heavy atom. The predicted octanol–water partition coefficient (Wildman–Crippen LogP) is 3.97. The number of halogens is 1. The number of carbonyl (C=O) groups excluding carboxylic acids is 3. The molecule has 1 aromatic carbocycles. The number of nitrogens with two attached hydrogens (primary N) is 2. The summed E-state index contributed by atoms with van der Waals surface area (Å²) in [7, 11) is 0. The van der Waals surface area contributed by atoms with Crippen LogP contribution in [0.15, 0.2) is 12.1 Å². The molecule has 38 heavy (non-hydrogen) atoms. The second-order valence-electron chi connectivity index (χ2n) is 11.8. The summed E-state index contributed by atoms with van der Waals surface area (Å²) < 4.78 is 23.0. The van der Waals surface area contributed by atoms with Crippen LogP contribution in [0.5, 0.6) is 0 Å². The number of ether oxygens (including phenoxy) is 1. The Morgan fingerprint density at radius 1 is 1.11 bits per heavy atom. The number of rotatable bonds is 6.